The van der Waals surface area contributed by atoms with E-state index in [0.29, 0.717) is 18.4 Å². The third-order valence-corrected chi connectivity index (χ3v) is 8.71. The number of aliphatic carboxylic acids is 1. The minimum Gasteiger partial charge on any atom is -0.494 e. The van der Waals surface area contributed by atoms with Gasteiger partial charge in [-0.3, -0.25) is 4.79 Å². The molecular weight excluding hydrogens is 488 g/mol. The highest BCUT2D eigenvalue weighted by Gasteiger charge is 2.36. The number of benzene rings is 2. The summed E-state index contributed by atoms with van der Waals surface area (Å²) < 4.78 is 5.99. The standard InChI is InChI=1S/C33H42N2O4/c36-32(35-23-27-10-2-3-11-28(27)24-35)22-29(33(37)38)21-25-14-16-30(17-15-25)39-20-8-12-26-9-4-5-13-31(26)34-18-6-1-7-19-34/h4-5,9,13-17,21,27-28H,1-3,6-8,10-12,18-20,22-24H2,(H,37,38)/b29-21+/t27-,28+. The molecule has 2 heterocycles. The van der Waals surface area contributed by atoms with E-state index in [2.05, 4.69) is 29.2 Å². The summed E-state index contributed by atoms with van der Waals surface area (Å²) in [5.41, 5.74) is 3.64. The lowest BCUT2D eigenvalue weighted by atomic mass is 9.82. The number of nitrogens with zero attached hydrogens (tertiary/aromatic N) is 2. The Balaban J connectivity index is 1.11. The molecule has 1 saturated carbocycles. The predicted octanol–water partition coefficient (Wildman–Crippen LogP) is 6.20. The highest BCUT2D eigenvalue weighted by molar-refractivity contribution is 5.98. The average Bonchev–Trinajstić information content (AvgIpc) is 3.41. The molecule has 3 fully saturated rings. The number of carboxylic acid groups (broad SMARTS) is 1. The second kappa shape index (κ2) is 13.2. The van der Waals surface area contributed by atoms with Crippen molar-refractivity contribution in [2.24, 2.45) is 11.8 Å². The van der Waals surface area contributed by atoms with Crippen LogP contribution in [0, 0.1) is 11.8 Å². The first kappa shape index (κ1) is 27.3. The molecule has 0 aromatic heterocycles. The third-order valence-electron chi connectivity index (χ3n) is 8.71. The zero-order valence-corrected chi connectivity index (χ0v) is 23.0. The zero-order valence-electron chi connectivity index (χ0n) is 23.0. The largest absolute Gasteiger partial charge is 0.494 e. The number of aryl methyl sites for hydroxylation is 1. The van der Waals surface area contributed by atoms with Gasteiger partial charge in [-0.1, -0.05) is 43.2 Å². The molecule has 1 aliphatic carbocycles. The first-order valence-electron chi connectivity index (χ1n) is 14.8. The summed E-state index contributed by atoms with van der Waals surface area (Å²) in [5, 5.41) is 9.76. The number of fused-ring (bicyclic) bond motifs is 1. The Hall–Kier alpha value is -3.28. The van der Waals surface area contributed by atoms with E-state index >= 15 is 0 Å². The van der Waals surface area contributed by atoms with Gasteiger partial charge in [-0.05, 0) is 92.2 Å². The summed E-state index contributed by atoms with van der Waals surface area (Å²) in [7, 11) is 0. The Bertz CT molecular complexity index is 1140. The number of carboxylic acids is 1. The van der Waals surface area contributed by atoms with Crippen molar-refractivity contribution >= 4 is 23.6 Å². The molecule has 5 rings (SSSR count). The van der Waals surface area contributed by atoms with E-state index in [4.69, 9.17) is 4.74 Å². The van der Waals surface area contributed by atoms with Gasteiger partial charge in [-0.15, -0.1) is 0 Å². The fourth-order valence-corrected chi connectivity index (χ4v) is 6.55. The molecule has 0 spiro atoms. The Kier molecular flexibility index (Phi) is 9.23. The maximum atomic E-state index is 12.9. The number of carbonyl (C=O) groups excluding carboxylic acids is 1. The van der Waals surface area contributed by atoms with Crippen molar-refractivity contribution in [3.63, 3.8) is 0 Å². The van der Waals surface area contributed by atoms with Crippen LogP contribution in [0.3, 0.4) is 0 Å². The number of piperidine rings is 1. The normalized spacial score (nSPS) is 21.5. The Morgan fingerprint density at radius 1 is 0.897 bits per heavy atom. The van der Waals surface area contributed by atoms with E-state index in [-0.39, 0.29) is 17.9 Å². The fourth-order valence-electron chi connectivity index (χ4n) is 6.55. The quantitative estimate of drug-likeness (QED) is 0.293. The Morgan fingerprint density at radius 2 is 1.59 bits per heavy atom. The minimum atomic E-state index is -1.04. The van der Waals surface area contributed by atoms with Crippen LogP contribution in [-0.2, 0) is 16.0 Å². The lowest BCUT2D eigenvalue weighted by Gasteiger charge is -2.30. The van der Waals surface area contributed by atoms with Gasteiger partial charge in [0.25, 0.3) is 0 Å². The number of rotatable bonds is 10. The monoisotopic (exact) mass is 530 g/mol. The van der Waals surface area contributed by atoms with Crippen LogP contribution in [0.1, 0.15) is 68.9 Å². The fraction of sp³-hybridized carbons (Fsp3) is 0.515. The molecule has 2 atom stereocenters. The van der Waals surface area contributed by atoms with Gasteiger partial charge >= 0.3 is 5.97 Å². The molecule has 3 aliphatic rings. The second-order valence-electron chi connectivity index (χ2n) is 11.5. The summed E-state index contributed by atoms with van der Waals surface area (Å²) in [6.07, 6.45) is 12.2. The van der Waals surface area contributed by atoms with Crippen molar-refractivity contribution in [1.82, 2.24) is 4.90 Å². The topological polar surface area (TPSA) is 70.1 Å². The van der Waals surface area contributed by atoms with Crippen molar-refractivity contribution in [2.75, 3.05) is 37.7 Å². The lowest BCUT2D eigenvalue weighted by molar-refractivity contribution is -0.136. The molecule has 39 heavy (non-hydrogen) atoms. The van der Waals surface area contributed by atoms with Crippen molar-refractivity contribution < 1.29 is 19.4 Å². The van der Waals surface area contributed by atoms with Gasteiger partial charge in [0.05, 0.1) is 13.0 Å². The Labute approximate surface area is 232 Å². The van der Waals surface area contributed by atoms with Crippen molar-refractivity contribution in [3.8, 4) is 5.75 Å². The van der Waals surface area contributed by atoms with Crippen LogP contribution < -0.4 is 9.64 Å². The molecule has 6 heteroatoms. The number of carbonyl (C=O) groups is 2. The maximum Gasteiger partial charge on any atom is 0.332 e. The van der Waals surface area contributed by atoms with Crippen LogP contribution in [0.15, 0.2) is 54.1 Å². The molecule has 0 bridgehead atoms. The molecule has 2 aromatic carbocycles. The number of likely N-dealkylation sites (tertiary alicyclic amines) is 1. The summed E-state index contributed by atoms with van der Waals surface area (Å²) in [4.78, 5) is 29.2. The first-order valence-corrected chi connectivity index (χ1v) is 14.8. The summed E-state index contributed by atoms with van der Waals surface area (Å²) in [6.45, 7) is 4.48. The van der Waals surface area contributed by atoms with Gasteiger partial charge in [0.1, 0.15) is 5.75 Å². The van der Waals surface area contributed by atoms with E-state index in [1.54, 1.807) is 6.08 Å². The molecule has 0 radical (unpaired) electrons. The first-order chi connectivity index (χ1) is 19.1. The highest BCUT2D eigenvalue weighted by Crippen LogP contribution is 2.36. The van der Waals surface area contributed by atoms with Crippen LogP contribution in [-0.4, -0.2) is 54.7 Å². The summed E-state index contributed by atoms with van der Waals surface area (Å²) in [6, 6.07) is 16.2. The summed E-state index contributed by atoms with van der Waals surface area (Å²) in [5.74, 6) is 0.850. The molecule has 1 N–H and O–H groups in total. The van der Waals surface area contributed by atoms with Crippen molar-refractivity contribution in [2.45, 2.75) is 64.2 Å². The molecular formula is C33H42N2O4. The number of ether oxygens (including phenoxy) is 1. The number of amides is 1. The van der Waals surface area contributed by atoms with Gasteiger partial charge < -0.3 is 19.6 Å². The third kappa shape index (κ3) is 7.23. The van der Waals surface area contributed by atoms with Crippen LogP contribution >= 0.6 is 0 Å². The van der Waals surface area contributed by atoms with E-state index in [1.807, 2.05) is 29.2 Å². The molecule has 2 aromatic rings. The SMILES string of the molecule is O=C(O)/C(=C/c1ccc(OCCCc2ccccc2N2CCCCC2)cc1)CC(=O)N1C[C@H]2CCCC[C@H]2C1. The maximum absolute atomic E-state index is 12.9. The molecule has 0 unspecified atom stereocenters. The van der Waals surface area contributed by atoms with Crippen molar-refractivity contribution in [3.05, 3.63) is 65.2 Å². The van der Waals surface area contributed by atoms with Gasteiger partial charge in [-0.2, -0.15) is 0 Å². The smallest absolute Gasteiger partial charge is 0.332 e. The molecule has 2 saturated heterocycles. The predicted molar refractivity (Wildman–Crippen MR) is 155 cm³/mol. The highest BCUT2D eigenvalue weighted by atomic mass is 16.5. The molecule has 6 nitrogen and oxygen atoms in total. The van der Waals surface area contributed by atoms with Gasteiger partial charge in [-0.25, -0.2) is 4.79 Å². The van der Waals surface area contributed by atoms with Crippen LogP contribution in [0.5, 0.6) is 5.75 Å². The zero-order chi connectivity index (χ0) is 27.0. The van der Waals surface area contributed by atoms with Crippen LogP contribution in [0.25, 0.3) is 6.08 Å². The lowest BCUT2D eigenvalue weighted by Crippen LogP contribution is -2.30. The second-order valence-corrected chi connectivity index (χ2v) is 11.5. The van der Waals surface area contributed by atoms with E-state index < -0.39 is 5.97 Å². The number of hydrogen-bond acceptors (Lipinski definition) is 4. The van der Waals surface area contributed by atoms with Crippen LogP contribution in [0.4, 0.5) is 5.69 Å². The van der Waals surface area contributed by atoms with E-state index in [1.165, 1.54) is 56.2 Å². The molecule has 208 valence electrons. The van der Waals surface area contributed by atoms with Crippen LogP contribution in [0.2, 0.25) is 0 Å². The van der Waals surface area contributed by atoms with Gasteiger partial charge in [0.15, 0.2) is 0 Å². The van der Waals surface area contributed by atoms with Gasteiger partial charge in [0, 0.05) is 37.4 Å². The van der Waals surface area contributed by atoms with E-state index in [9.17, 15) is 14.7 Å². The Morgan fingerprint density at radius 3 is 2.28 bits per heavy atom. The van der Waals surface area contributed by atoms with Crippen molar-refractivity contribution in [1.29, 1.82) is 0 Å². The summed E-state index contributed by atoms with van der Waals surface area (Å²) >= 11 is 0. The number of anilines is 1. The average molecular weight is 531 g/mol. The number of hydrogen-bond donors (Lipinski definition) is 1. The van der Waals surface area contributed by atoms with Gasteiger partial charge in [0.2, 0.25) is 5.91 Å². The molecule has 2 aliphatic heterocycles. The minimum absolute atomic E-state index is 0.0636. The molecule has 1 amide bonds. The number of para-hydroxylation sites is 1. The van der Waals surface area contributed by atoms with E-state index in [0.717, 1.165) is 50.3 Å².